The zero-order valence-corrected chi connectivity index (χ0v) is 18.4. The third-order valence-electron chi connectivity index (χ3n) is 6.15. The van der Waals surface area contributed by atoms with Crippen molar-refractivity contribution in [2.45, 2.75) is 26.3 Å². The van der Waals surface area contributed by atoms with Crippen LogP contribution in [-0.2, 0) is 0 Å². The maximum absolute atomic E-state index is 13.6. The van der Waals surface area contributed by atoms with Gasteiger partial charge in [0.05, 0.1) is 15.9 Å². The highest BCUT2D eigenvalue weighted by molar-refractivity contribution is 7.15. The van der Waals surface area contributed by atoms with E-state index in [-0.39, 0.29) is 17.9 Å². The standard InChI is InChI=1S/C24H24N4O2S/c1-14-6-5-7-16(10-14)22-21(27-15(2)31-22)24(30)28-13-17-11-18(17)20(28)12-26-23(29)19-8-3-4-9-25-19/h3-10,17-18,20H,11-13H2,1-2H3,(H,26,29). The Morgan fingerprint density at radius 2 is 2.06 bits per heavy atom. The zero-order valence-electron chi connectivity index (χ0n) is 17.5. The summed E-state index contributed by atoms with van der Waals surface area (Å²) < 4.78 is 0. The van der Waals surface area contributed by atoms with Crippen LogP contribution >= 0.6 is 11.3 Å². The van der Waals surface area contributed by atoms with Crippen molar-refractivity contribution in [1.82, 2.24) is 20.2 Å². The van der Waals surface area contributed by atoms with E-state index >= 15 is 0 Å². The molecule has 0 bridgehead atoms. The summed E-state index contributed by atoms with van der Waals surface area (Å²) in [7, 11) is 0. The zero-order chi connectivity index (χ0) is 21.5. The Labute approximate surface area is 185 Å². The Morgan fingerprint density at radius 1 is 1.19 bits per heavy atom. The second kappa shape index (κ2) is 7.89. The van der Waals surface area contributed by atoms with Crippen molar-refractivity contribution in [3.05, 3.63) is 70.6 Å². The van der Waals surface area contributed by atoms with Gasteiger partial charge in [-0.25, -0.2) is 4.98 Å². The molecule has 1 aromatic carbocycles. The highest BCUT2D eigenvalue weighted by Crippen LogP contribution is 2.50. The van der Waals surface area contributed by atoms with Crippen LogP contribution < -0.4 is 5.32 Å². The Hall–Kier alpha value is -3.06. The first-order valence-corrected chi connectivity index (χ1v) is 11.4. The number of likely N-dealkylation sites (tertiary alicyclic amines) is 1. The quantitative estimate of drug-likeness (QED) is 0.667. The molecule has 3 aromatic rings. The van der Waals surface area contributed by atoms with Gasteiger partial charge in [0, 0.05) is 19.3 Å². The number of hydrogen-bond acceptors (Lipinski definition) is 5. The van der Waals surface area contributed by atoms with Crippen LogP contribution in [-0.4, -0.2) is 45.8 Å². The first-order chi connectivity index (χ1) is 15.0. The van der Waals surface area contributed by atoms with Crippen LogP contribution in [0.5, 0.6) is 0 Å². The second-order valence-electron chi connectivity index (χ2n) is 8.39. The van der Waals surface area contributed by atoms with Gasteiger partial charge >= 0.3 is 0 Å². The molecule has 0 spiro atoms. The molecular formula is C24H24N4O2S. The van der Waals surface area contributed by atoms with Gasteiger partial charge in [-0.15, -0.1) is 11.3 Å². The number of amides is 2. The minimum atomic E-state index is -0.206. The number of pyridine rings is 1. The predicted molar refractivity (Wildman–Crippen MR) is 120 cm³/mol. The van der Waals surface area contributed by atoms with Crippen LogP contribution in [0.2, 0.25) is 0 Å². The van der Waals surface area contributed by atoms with Gasteiger partial charge in [0.1, 0.15) is 11.4 Å². The molecule has 7 heteroatoms. The number of aryl methyl sites for hydroxylation is 2. The van der Waals surface area contributed by atoms with Crippen LogP contribution in [0.15, 0.2) is 48.7 Å². The molecule has 1 aliphatic heterocycles. The van der Waals surface area contributed by atoms with Gasteiger partial charge in [-0.2, -0.15) is 0 Å². The highest BCUT2D eigenvalue weighted by atomic mass is 32.1. The lowest BCUT2D eigenvalue weighted by molar-refractivity contribution is 0.0690. The van der Waals surface area contributed by atoms with Crippen molar-refractivity contribution in [2.24, 2.45) is 11.8 Å². The minimum absolute atomic E-state index is 0.00229. The van der Waals surface area contributed by atoms with E-state index in [2.05, 4.69) is 21.4 Å². The van der Waals surface area contributed by atoms with Gasteiger partial charge in [0.25, 0.3) is 11.8 Å². The summed E-state index contributed by atoms with van der Waals surface area (Å²) in [5.74, 6) is 0.741. The predicted octanol–water partition coefficient (Wildman–Crippen LogP) is 3.71. The maximum Gasteiger partial charge on any atom is 0.274 e. The third-order valence-corrected chi connectivity index (χ3v) is 7.17. The van der Waals surface area contributed by atoms with Crippen molar-refractivity contribution in [2.75, 3.05) is 13.1 Å². The molecule has 1 saturated heterocycles. The molecule has 3 unspecified atom stereocenters. The largest absolute Gasteiger partial charge is 0.349 e. The lowest BCUT2D eigenvalue weighted by Gasteiger charge is -2.27. The first-order valence-electron chi connectivity index (χ1n) is 10.6. The van der Waals surface area contributed by atoms with Crippen molar-refractivity contribution < 1.29 is 9.59 Å². The van der Waals surface area contributed by atoms with Gasteiger partial charge in [-0.1, -0.05) is 35.9 Å². The molecule has 2 fully saturated rings. The fourth-order valence-corrected chi connectivity index (χ4v) is 5.45. The number of benzene rings is 1. The van der Waals surface area contributed by atoms with Gasteiger partial charge in [0.2, 0.25) is 0 Å². The van der Waals surface area contributed by atoms with E-state index in [0.29, 0.717) is 29.8 Å². The van der Waals surface area contributed by atoms with E-state index in [0.717, 1.165) is 34.0 Å². The molecule has 2 aliphatic rings. The molecule has 158 valence electrons. The number of thiazole rings is 1. The Kier molecular flexibility index (Phi) is 5.06. The van der Waals surface area contributed by atoms with E-state index in [1.54, 1.807) is 35.7 Å². The monoisotopic (exact) mass is 432 g/mol. The second-order valence-corrected chi connectivity index (χ2v) is 9.59. The van der Waals surface area contributed by atoms with Gasteiger partial charge in [-0.3, -0.25) is 14.6 Å². The molecule has 2 aromatic heterocycles. The molecule has 31 heavy (non-hydrogen) atoms. The smallest absolute Gasteiger partial charge is 0.274 e. The number of nitrogens with one attached hydrogen (secondary N) is 1. The topological polar surface area (TPSA) is 75.2 Å². The van der Waals surface area contributed by atoms with Crippen molar-refractivity contribution in [3.63, 3.8) is 0 Å². The van der Waals surface area contributed by atoms with Crippen LogP contribution in [0.4, 0.5) is 0 Å². The summed E-state index contributed by atoms with van der Waals surface area (Å²) in [5.41, 5.74) is 3.09. The van der Waals surface area contributed by atoms with Gasteiger partial charge in [0.15, 0.2) is 0 Å². The van der Waals surface area contributed by atoms with E-state index in [1.807, 2.05) is 36.9 Å². The van der Waals surface area contributed by atoms with Crippen molar-refractivity contribution >= 4 is 23.2 Å². The van der Waals surface area contributed by atoms with Crippen LogP contribution in [0, 0.1) is 25.7 Å². The Morgan fingerprint density at radius 3 is 2.84 bits per heavy atom. The fraction of sp³-hybridized carbons (Fsp3) is 0.333. The summed E-state index contributed by atoms with van der Waals surface area (Å²) in [4.78, 5) is 37.6. The van der Waals surface area contributed by atoms with Crippen molar-refractivity contribution in [1.29, 1.82) is 0 Å². The molecule has 3 heterocycles. The molecular weight excluding hydrogens is 408 g/mol. The van der Waals surface area contributed by atoms with E-state index < -0.39 is 0 Å². The Balaban J connectivity index is 1.36. The highest BCUT2D eigenvalue weighted by Gasteiger charge is 2.54. The van der Waals surface area contributed by atoms with E-state index in [1.165, 1.54) is 0 Å². The maximum atomic E-state index is 13.6. The van der Waals surface area contributed by atoms with Crippen LogP contribution in [0.25, 0.3) is 10.4 Å². The number of fused-ring (bicyclic) bond motifs is 1. The molecule has 0 radical (unpaired) electrons. The average molecular weight is 433 g/mol. The average Bonchev–Trinajstić information content (AvgIpc) is 3.29. The summed E-state index contributed by atoms with van der Waals surface area (Å²) in [6, 6.07) is 13.4. The summed E-state index contributed by atoms with van der Waals surface area (Å²) >= 11 is 1.56. The number of aromatic nitrogens is 2. The minimum Gasteiger partial charge on any atom is -0.349 e. The summed E-state index contributed by atoms with van der Waals surface area (Å²) in [6.45, 7) is 5.16. The molecule has 1 saturated carbocycles. The first kappa shape index (κ1) is 19.9. The number of rotatable bonds is 5. The van der Waals surface area contributed by atoms with Gasteiger partial charge < -0.3 is 10.2 Å². The van der Waals surface area contributed by atoms with Crippen molar-refractivity contribution in [3.8, 4) is 10.4 Å². The lowest BCUT2D eigenvalue weighted by Crippen LogP contribution is -2.45. The van der Waals surface area contributed by atoms with E-state index in [9.17, 15) is 9.59 Å². The lowest BCUT2D eigenvalue weighted by atomic mass is 10.1. The number of carbonyl (C=O) groups is 2. The molecule has 2 amide bonds. The third kappa shape index (κ3) is 3.85. The SMILES string of the molecule is Cc1cccc(-c2sc(C)nc2C(=O)N2CC3CC3C2CNC(=O)c2ccccn2)c1. The molecule has 3 atom stereocenters. The fourth-order valence-electron chi connectivity index (χ4n) is 4.54. The number of piperidine rings is 1. The van der Waals surface area contributed by atoms with Gasteiger partial charge in [-0.05, 0) is 49.8 Å². The Bertz CT molecular complexity index is 1140. The summed E-state index contributed by atoms with van der Waals surface area (Å²) in [6.07, 6.45) is 2.73. The van der Waals surface area contributed by atoms with E-state index in [4.69, 9.17) is 0 Å². The summed E-state index contributed by atoms with van der Waals surface area (Å²) in [5, 5.41) is 3.86. The molecule has 1 aliphatic carbocycles. The number of carbonyl (C=O) groups excluding carboxylic acids is 2. The molecule has 6 nitrogen and oxygen atoms in total. The van der Waals surface area contributed by atoms with Crippen LogP contribution in [0.3, 0.4) is 0 Å². The van der Waals surface area contributed by atoms with Crippen LogP contribution in [0.1, 0.15) is 38.0 Å². The molecule has 1 N–H and O–H groups in total. The number of hydrogen-bond donors (Lipinski definition) is 1. The number of nitrogens with zero attached hydrogens (tertiary/aromatic N) is 3. The molecule has 5 rings (SSSR count). The normalized spacial score (nSPS) is 21.6.